The average Bonchev–Trinajstić information content (AvgIpc) is 2.95. The fourth-order valence-electron chi connectivity index (χ4n) is 2.88. The molecule has 0 spiro atoms. The molecule has 1 aliphatic heterocycles. The van der Waals surface area contributed by atoms with Crippen LogP contribution < -0.4 is 5.32 Å². The van der Waals surface area contributed by atoms with Gasteiger partial charge in [-0.1, -0.05) is 11.2 Å². The smallest absolute Gasteiger partial charge is 0.325 e. The average molecular weight is 317 g/mol. The number of rotatable bonds is 4. The van der Waals surface area contributed by atoms with Crippen LogP contribution in [0.15, 0.2) is 28.1 Å². The lowest BCUT2D eigenvalue weighted by Gasteiger charge is -2.20. The van der Waals surface area contributed by atoms with Crippen molar-refractivity contribution in [3.8, 4) is 10.6 Å². The molecular weight excluding hydrogens is 302 g/mol. The third-order valence-electron chi connectivity index (χ3n) is 4.34. The monoisotopic (exact) mass is 317 g/mol. The second kappa shape index (κ2) is 4.67. The zero-order valence-electron chi connectivity index (χ0n) is 12.0. The van der Waals surface area contributed by atoms with Crippen molar-refractivity contribution in [3.63, 3.8) is 0 Å². The molecule has 1 N–H and O–H groups in total. The van der Waals surface area contributed by atoms with Crippen LogP contribution in [0.3, 0.4) is 0 Å². The molecule has 114 valence electrons. The van der Waals surface area contributed by atoms with Gasteiger partial charge >= 0.3 is 6.03 Å². The third-order valence-corrected chi connectivity index (χ3v) is 5.22. The largest absolute Gasteiger partial charge is 0.355 e. The van der Waals surface area contributed by atoms with Gasteiger partial charge in [0.1, 0.15) is 11.2 Å². The van der Waals surface area contributed by atoms with E-state index in [2.05, 4.69) is 10.5 Å². The van der Waals surface area contributed by atoms with Crippen LogP contribution in [0.5, 0.6) is 0 Å². The van der Waals surface area contributed by atoms with Crippen molar-refractivity contribution >= 4 is 23.3 Å². The van der Waals surface area contributed by atoms with E-state index in [0.717, 1.165) is 17.7 Å². The maximum atomic E-state index is 12.5. The van der Waals surface area contributed by atoms with Crippen molar-refractivity contribution in [3.05, 3.63) is 29.3 Å². The molecule has 2 aromatic heterocycles. The van der Waals surface area contributed by atoms with Gasteiger partial charge in [0, 0.05) is 6.07 Å². The summed E-state index contributed by atoms with van der Waals surface area (Å²) in [6.45, 7) is 1.95. The highest BCUT2D eigenvalue weighted by molar-refractivity contribution is 7.13. The fraction of sp³-hybridized carbons (Fsp3) is 0.400. The number of aromatic nitrogens is 1. The SMILES string of the molecule is CC1(C2CC2)NC(=O)N(Cc2cc(-c3cccs3)on2)C1=O. The number of imide groups is 1. The van der Waals surface area contributed by atoms with Gasteiger partial charge in [0.25, 0.3) is 5.91 Å². The molecule has 3 heterocycles. The quantitative estimate of drug-likeness (QED) is 0.880. The summed E-state index contributed by atoms with van der Waals surface area (Å²) in [5.41, 5.74) is -0.177. The van der Waals surface area contributed by atoms with Crippen molar-refractivity contribution in [1.82, 2.24) is 15.4 Å². The second-order valence-corrected chi connectivity index (χ2v) is 6.91. The molecule has 4 rings (SSSR count). The van der Waals surface area contributed by atoms with Crippen LogP contribution in [0.1, 0.15) is 25.5 Å². The summed E-state index contributed by atoms with van der Waals surface area (Å²) in [7, 11) is 0. The Morgan fingerprint density at radius 3 is 3.00 bits per heavy atom. The fourth-order valence-corrected chi connectivity index (χ4v) is 3.55. The van der Waals surface area contributed by atoms with Gasteiger partial charge in [-0.15, -0.1) is 11.3 Å². The highest BCUT2D eigenvalue weighted by Gasteiger charge is 2.56. The first-order valence-corrected chi connectivity index (χ1v) is 8.09. The summed E-state index contributed by atoms with van der Waals surface area (Å²) >= 11 is 1.55. The minimum atomic E-state index is -0.753. The molecule has 1 saturated heterocycles. The van der Waals surface area contributed by atoms with E-state index in [1.54, 1.807) is 17.4 Å². The zero-order chi connectivity index (χ0) is 15.3. The molecule has 1 unspecified atom stereocenters. The highest BCUT2D eigenvalue weighted by Crippen LogP contribution is 2.42. The number of carbonyl (C=O) groups excluding carboxylic acids is 2. The molecule has 1 aliphatic carbocycles. The normalized spacial score (nSPS) is 24.9. The van der Waals surface area contributed by atoms with E-state index in [1.165, 1.54) is 4.90 Å². The number of nitrogens with zero attached hydrogens (tertiary/aromatic N) is 2. The predicted octanol–water partition coefficient (Wildman–Crippen LogP) is 2.62. The maximum absolute atomic E-state index is 12.5. The summed E-state index contributed by atoms with van der Waals surface area (Å²) in [4.78, 5) is 26.9. The van der Waals surface area contributed by atoms with Gasteiger partial charge in [0.05, 0.1) is 11.4 Å². The Hall–Kier alpha value is -2.15. The van der Waals surface area contributed by atoms with E-state index < -0.39 is 5.54 Å². The summed E-state index contributed by atoms with van der Waals surface area (Å²) in [5.74, 6) is 0.746. The zero-order valence-corrected chi connectivity index (χ0v) is 12.9. The number of carbonyl (C=O) groups is 2. The number of thiophene rings is 1. The van der Waals surface area contributed by atoms with E-state index >= 15 is 0 Å². The number of urea groups is 1. The highest BCUT2D eigenvalue weighted by atomic mass is 32.1. The Labute approximate surface area is 131 Å². The maximum Gasteiger partial charge on any atom is 0.325 e. The van der Waals surface area contributed by atoms with Crippen molar-refractivity contribution in [2.45, 2.75) is 31.8 Å². The lowest BCUT2D eigenvalue weighted by atomic mass is 9.96. The van der Waals surface area contributed by atoms with E-state index in [-0.39, 0.29) is 24.4 Å². The summed E-state index contributed by atoms with van der Waals surface area (Å²) < 4.78 is 5.29. The minimum Gasteiger partial charge on any atom is -0.355 e. The van der Waals surface area contributed by atoms with Gasteiger partial charge in [0.2, 0.25) is 0 Å². The van der Waals surface area contributed by atoms with Crippen LogP contribution >= 0.6 is 11.3 Å². The van der Waals surface area contributed by atoms with E-state index in [0.29, 0.717) is 11.5 Å². The molecular formula is C15H15N3O3S. The molecule has 1 saturated carbocycles. The molecule has 7 heteroatoms. The van der Waals surface area contributed by atoms with E-state index in [9.17, 15) is 9.59 Å². The Morgan fingerprint density at radius 1 is 1.50 bits per heavy atom. The van der Waals surface area contributed by atoms with Gasteiger partial charge < -0.3 is 9.84 Å². The van der Waals surface area contributed by atoms with E-state index in [1.807, 2.05) is 24.4 Å². The summed E-state index contributed by atoms with van der Waals surface area (Å²) in [5, 5.41) is 8.75. The van der Waals surface area contributed by atoms with E-state index in [4.69, 9.17) is 4.52 Å². The standard InChI is InChI=1S/C15H15N3O3S/c1-15(9-4-5-9)13(19)18(14(20)16-15)8-10-7-11(21-17-10)12-3-2-6-22-12/h2-3,6-7,9H,4-5,8H2,1H3,(H,16,20). The lowest BCUT2D eigenvalue weighted by Crippen LogP contribution is -2.46. The van der Waals surface area contributed by atoms with Gasteiger partial charge in [-0.3, -0.25) is 9.69 Å². The molecule has 0 radical (unpaired) electrons. The topological polar surface area (TPSA) is 75.4 Å². The van der Waals surface area contributed by atoms with Gasteiger partial charge in [-0.25, -0.2) is 4.79 Å². The third kappa shape index (κ3) is 2.04. The Kier molecular flexibility index (Phi) is 2.87. The van der Waals surface area contributed by atoms with Crippen LogP contribution in [0, 0.1) is 5.92 Å². The first kappa shape index (κ1) is 13.5. The molecule has 3 amide bonds. The molecule has 2 aromatic rings. The van der Waals surface area contributed by atoms with Crippen LogP contribution in [0.25, 0.3) is 10.6 Å². The minimum absolute atomic E-state index is 0.141. The Morgan fingerprint density at radius 2 is 2.32 bits per heavy atom. The molecule has 6 nitrogen and oxygen atoms in total. The number of hydrogen-bond acceptors (Lipinski definition) is 5. The number of nitrogens with one attached hydrogen (secondary N) is 1. The molecule has 2 aliphatic rings. The van der Waals surface area contributed by atoms with Crippen LogP contribution in [0.2, 0.25) is 0 Å². The molecule has 0 aromatic carbocycles. The van der Waals surface area contributed by atoms with Gasteiger partial charge in [-0.05, 0) is 37.1 Å². The number of amides is 3. The molecule has 1 atom stereocenters. The van der Waals surface area contributed by atoms with Crippen LogP contribution in [0.4, 0.5) is 4.79 Å². The predicted molar refractivity (Wildman–Crippen MR) is 80.0 cm³/mol. The molecule has 0 bridgehead atoms. The summed E-state index contributed by atoms with van der Waals surface area (Å²) in [6.07, 6.45) is 1.98. The van der Waals surface area contributed by atoms with Crippen molar-refractivity contribution in [1.29, 1.82) is 0 Å². The second-order valence-electron chi connectivity index (χ2n) is 5.96. The lowest BCUT2D eigenvalue weighted by molar-refractivity contribution is -0.131. The Bertz CT molecular complexity index is 735. The first-order valence-electron chi connectivity index (χ1n) is 7.21. The molecule has 22 heavy (non-hydrogen) atoms. The number of hydrogen-bond donors (Lipinski definition) is 1. The van der Waals surface area contributed by atoms with Crippen molar-refractivity contribution < 1.29 is 14.1 Å². The summed E-state index contributed by atoms with van der Waals surface area (Å²) in [6, 6.07) is 5.30. The van der Waals surface area contributed by atoms with Crippen LogP contribution in [-0.2, 0) is 11.3 Å². The molecule has 2 fully saturated rings. The van der Waals surface area contributed by atoms with Crippen molar-refractivity contribution in [2.24, 2.45) is 5.92 Å². The van der Waals surface area contributed by atoms with Crippen molar-refractivity contribution in [2.75, 3.05) is 0 Å². The van der Waals surface area contributed by atoms with Crippen LogP contribution in [-0.4, -0.2) is 27.5 Å². The Balaban J connectivity index is 1.54. The van der Waals surface area contributed by atoms with Gasteiger partial charge in [0.15, 0.2) is 5.76 Å². The first-order chi connectivity index (χ1) is 10.6. The van der Waals surface area contributed by atoms with Gasteiger partial charge in [-0.2, -0.15) is 0 Å².